The minimum Gasteiger partial charge on any atom is -0.354 e. The third kappa shape index (κ3) is 5.33. The number of nitrogens with one attached hydrogen (secondary N) is 1. The molecule has 22 heavy (non-hydrogen) atoms. The van der Waals surface area contributed by atoms with Gasteiger partial charge in [-0.25, -0.2) is 8.42 Å². The Morgan fingerprint density at radius 2 is 1.64 bits per heavy atom. The molecule has 0 aliphatic rings. The number of hydrogen-bond acceptors (Lipinski definition) is 3. The first-order valence-electron chi connectivity index (χ1n) is 7.25. The highest BCUT2D eigenvalue weighted by Gasteiger charge is 2.22. The second kappa shape index (κ2) is 6.69. The molecule has 0 saturated carbocycles. The van der Waals surface area contributed by atoms with Gasteiger partial charge in [-0.05, 0) is 37.1 Å². The smallest absolute Gasteiger partial charge is 0.232 e. The van der Waals surface area contributed by atoms with E-state index < -0.39 is 15.4 Å². The molecular weight excluding hydrogens is 300 g/mol. The van der Waals surface area contributed by atoms with Gasteiger partial charge in [-0.15, -0.1) is 0 Å². The topological polar surface area (TPSA) is 66.5 Å². The lowest BCUT2D eigenvalue weighted by atomic mass is 9.96. The Bertz CT molecular complexity index is 626. The molecule has 1 aromatic carbocycles. The first-order valence-corrected chi connectivity index (χ1v) is 9.10. The lowest BCUT2D eigenvalue weighted by Gasteiger charge is -2.24. The van der Waals surface area contributed by atoms with E-state index in [-0.39, 0.29) is 19.0 Å². The van der Waals surface area contributed by atoms with Crippen LogP contribution in [0, 0.1) is 19.3 Å². The van der Waals surface area contributed by atoms with Crippen LogP contribution in [0.3, 0.4) is 0 Å². The Morgan fingerprint density at radius 3 is 2.05 bits per heavy atom. The van der Waals surface area contributed by atoms with E-state index in [0.29, 0.717) is 5.69 Å². The van der Waals surface area contributed by atoms with Crippen molar-refractivity contribution in [1.29, 1.82) is 0 Å². The summed E-state index contributed by atoms with van der Waals surface area (Å²) in [5.41, 5.74) is 2.14. The van der Waals surface area contributed by atoms with E-state index in [1.165, 1.54) is 10.6 Å². The summed E-state index contributed by atoms with van der Waals surface area (Å²) in [6.07, 6.45) is 1.18. The van der Waals surface area contributed by atoms with Gasteiger partial charge in [0.2, 0.25) is 15.9 Å². The zero-order chi connectivity index (χ0) is 17.1. The number of carbonyl (C=O) groups excluding carboxylic acids is 1. The van der Waals surface area contributed by atoms with Crippen LogP contribution >= 0.6 is 0 Å². The molecule has 0 aromatic heterocycles. The Labute approximate surface area is 133 Å². The summed E-state index contributed by atoms with van der Waals surface area (Å²) in [6, 6.07) is 5.66. The molecule has 0 saturated heterocycles. The van der Waals surface area contributed by atoms with Crippen molar-refractivity contribution < 1.29 is 13.2 Å². The van der Waals surface area contributed by atoms with E-state index in [0.717, 1.165) is 11.1 Å². The molecular formula is C16H26N2O3S. The Balaban J connectivity index is 2.90. The van der Waals surface area contributed by atoms with Crippen molar-refractivity contribution in [2.45, 2.75) is 34.6 Å². The van der Waals surface area contributed by atoms with Crippen LogP contribution in [0.25, 0.3) is 0 Å². The predicted octanol–water partition coefficient (Wildman–Crippen LogP) is 2.23. The van der Waals surface area contributed by atoms with Crippen LogP contribution in [0.5, 0.6) is 0 Å². The van der Waals surface area contributed by atoms with Gasteiger partial charge < -0.3 is 5.32 Å². The van der Waals surface area contributed by atoms with Crippen LogP contribution in [-0.4, -0.2) is 33.7 Å². The summed E-state index contributed by atoms with van der Waals surface area (Å²) in [4.78, 5) is 11.9. The van der Waals surface area contributed by atoms with Crippen LogP contribution in [0.1, 0.15) is 31.9 Å². The molecule has 0 aliphatic heterocycles. The average Bonchev–Trinajstić information content (AvgIpc) is 2.29. The average molecular weight is 326 g/mol. The summed E-state index contributed by atoms with van der Waals surface area (Å²) in [5, 5.41) is 2.78. The second-order valence-electron chi connectivity index (χ2n) is 6.69. The highest BCUT2D eigenvalue weighted by Crippen LogP contribution is 2.21. The van der Waals surface area contributed by atoms with Crippen LogP contribution in [-0.2, 0) is 14.8 Å². The number of anilines is 1. The van der Waals surface area contributed by atoms with Crippen molar-refractivity contribution in [2.24, 2.45) is 5.41 Å². The van der Waals surface area contributed by atoms with Gasteiger partial charge in [-0.1, -0.05) is 26.8 Å². The number of hydrogen-bond donors (Lipinski definition) is 1. The molecule has 0 radical (unpaired) electrons. The highest BCUT2D eigenvalue weighted by atomic mass is 32.2. The molecule has 0 unspecified atom stereocenters. The Morgan fingerprint density at radius 1 is 1.14 bits per heavy atom. The minimum atomic E-state index is -3.40. The lowest BCUT2D eigenvalue weighted by molar-refractivity contribution is -0.128. The van der Waals surface area contributed by atoms with E-state index in [2.05, 4.69) is 5.32 Å². The number of aryl methyl sites for hydroxylation is 2. The molecule has 1 rings (SSSR count). The number of carbonyl (C=O) groups is 1. The molecule has 0 heterocycles. The molecule has 0 fully saturated rings. The molecule has 1 amide bonds. The van der Waals surface area contributed by atoms with Crippen LogP contribution < -0.4 is 9.62 Å². The molecule has 0 aliphatic carbocycles. The number of nitrogens with zero attached hydrogens (tertiary/aromatic N) is 1. The number of benzene rings is 1. The molecule has 6 heteroatoms. The lowest BCUT2D eigenvalue weighted by Crippen LogP contribution is -2.41. The van der Waals surface area contributed by atoms with Gasteiger partial charge in [-0.2, -0.15) is 0 Å². The van der Waals surface area contributed by atoms with Crippen LogP contribution in [0.4, 0.5) is 5.69 Å². The van der Waals surface area contributed by atoms with E-state index in [4.69, 9.17) is 0 Å². The number of sulfonamides is 1. The van der Waals surface area contributed by atoms with Gasteiger partial charge in [0.25, 0.3) is 0 Å². The molecule has 124 valence electrons. The standard InChI is InChI=1S/C16H26N2O3S/c1-12-9-13(2)11-14(10-12)18(22(6,20)21)8-7-17-15(19)16(3,4)5/h9-11H,7-8H2,1-6H3,(H,17,19). The largest absolute Gasteiger partial charge is 0.354 e. The van der Waals surface area contributed by atoms with Crippen LogP contribution in [0.15, 0.2) is 18.2 Å². The van der Waals surface area contributed by atoms with Crippen molar-refractivity contribution in [3.05, 3.63) is 29.3 Å². The third-order valence-corrected chi connectivity index (χ3v) is 4.37. The third-order valence-electron chi connectivity index (χ3n) is 3.18. The Hall–Kier alpha value is -1.56. The van der Waals surface area contributed by atoms with Crippen LogP contribution in [0.2, 0.25) is 0 Å². The van der Waals surface area contributed by atoms with Crippen molar-refractivity contribution in [3.8, 4) is 0 Å². The first kappa shape index (κ1) is 18.5. The van der Waals surface area contributed by atoms with Crippen molar-refractivity contribution >= 4 is 21.6 Å². The number of rotatable bonds is 5. The van der Waals surface area contributed by atoms with Gasteiger partial charge in [0.05, 0.1) is 18.5 Å². The summed E-state index contributed by atoms with van der Waals surface area (Å²) >= 11 is 0. The fraction of sp³-hybridized carbons (Fsp3) is 0.562. The van der Waals surface area contributed by atoms with Gasteiger partial charge in [0.1, 0.15) is 0 Å². The first-order chi connectivity index (χ1) is 9.91. The van der Waals surface area contributed by atoms with Crippen molar-refractivity contribution in [2.75, 3.05) is 23.7 Å². The highest BCUT2D eigenvalue weighted by molar-refractivity contribution is 7.92. The zero-order valence-electron chi connectivity index (χ0n) is 14.2. The van der Waals surface area contributed by atoms with Gasteiger partial charge in [0.15, 0.2) is 0 Å². The van der Waals surface area contributed by atoms with Gasteiger partial charge in [-0.3, -0.25) is 9.10 Å². The summed E-state index contributed by atoms with van der Waals surface area (Å²) in [6.45, 7) is 9.80. The van der Waals surface area contributed by atoms with Crippen molar-refractivity contribution in [1.82, 2.24) is 5.32 Å². The van der Waals surface area contributed by atoms with Crippen molar-refractivity contribution in [3.63, 3.8) is 0 Å². The number of amides is 1. The van der Waals surface area contributed by atoms with E-state index in [1.54, 1.807) is 0 Å². The maximum Gasteiger partial charge on any atom is 0.232 e. The molecule has 0 atom stereocenters. The van der Waals surface area contributed by atoms with Gasteiger partial charge in [0, 0.05) is 12.0 Å². The molecule has 0 bridgehead atoms. The fourth-order valence-electron chi connectivity index (χ4n) is 2.12. The molecule has 1 N–H and O–H groups in total. The van der Waals surface area contributed by atoms with E-state index in [9.17, 15) is 13.2 Å². The maximum atomic E-state index is 12.0. The Kier molecular flexibility index (Phi) is 5.62. The summed E-state index contributed by atoms with van der Waals surface area (Å²) in [5.74, 6) is -0.0960. The maximum absolute atomic E-state index is 12.0. The van der Waals surface area contributed by atoms with E-state index >= 15 is 0 Å². The van der Waals surface area contributed by atoms with E-state index in [1.807, 2.05) is 52.8 Å². The second-order valence-corrected chi connectivity index (χ2v) is 8.59. The molecule has 0 spiro atoms. The minimum absolute atomic E-state index is 0.0960. The fourth-order valence-corrected chi connectivity index (χ4v) is 3.03. The molecule has 5 nitrogen and oxygen atoms in total. The zero-order valence-corrected chi connectivity index (χ0v) is 15.0. The van der Waals surface area contributed by atoms with Gasteiger partial charge >= 0.3 is 0 Å². The molecule has 1 aromatic rings. The summed E-state index contributed by atoms with van der Waals surface area (Å²) in [7, 11) is -3.40. The summed E-state index contributed by atoms with van der Waals surface area (Å²) < 4.78 is 25.4. The SMILES string of the molecule is Cc1cc(C)cc(N(CCNC(=O)C(C)(C)C)S(C)(=O)=O)c1. The normalized spacial score (nSPS) is 12.1. The monoisotopic (exact) mass is 326 g/mol. The quantitative estimate of drug-likeness (QED) is 0.902. The predicted molar refractivity (Wildman–Crippen MR) is 90.6 cm³/mol.